The summed E-state index contributed by atoms with van der Waals surface area (Å²) >= 11 is 3.66. The molecule has 0 aromatic carbocycles. The van der Waals surface area contributed by atoms with E-state index in [0.29, 0.717) is 24.2 Å². The molecule has 4 nitrogen and oxygen atoms in total. The van der Waals surface area contributed by atoms with Crippen molar-refractivity contribution in [2.75, 3.05) is 26.2 Å². The summed E-state index contributed by atoms with van der Waals surface area (Å²) in [6, 6.07) is 1.91. The first-order chi connectivity index (χ1) is 10.7. The molecular weight excluding hydrogens is 347 g/mol. The third-order valence-corrected chi connectivity index (χ3v) is 4.38. The van der Waals surface area contributed by atoms with Crippen molar-refractivity contribution < 1.29 is 15.1 Å². The topological polar surface area (TPSA) is 52.3 Å². The van der Waals surface area contributed by atoms with Crippen LogP contribution < -0.4 is 10.6 Å². The number of hydrogen-bond acceptors (Lipinski definition) is 2. The van der Waals surface area contributed by atoms with Crippen molar-refractivity contribution in [2.45, 2.75) is 77.5 Å². The second-order valence-electron chi connectivity index (χ2n) is 5.88. The zero-order valence-electron chi connectivity index (χ0n) is 14.5. The molecular formula is C16H34ClCuN4-. The Morgan fingerprint density at radius 2 is 1.14 bits per heavy atom. The fourth-order valence-corrected chi connectivity index (χ4v) is 2.51. The van der Waals surface area contributed by atoms with Crippen molar-refractivity contribution in [3.05, 3.63) is 10.6 Å². The average molecular weight is 381 g/mol. The van der Waals surface area contributed by atoms with E-state index in [4.69, 9.17) is 10.6 Å². The van der Waals surface area contributed by atoms with Gasteiger partial charge in [0.15, 0.2) is 0 Å². The standard InChI is InChI=1S/C16H34N4.ClH.Cu/c1-5-13-9-18-15(7-3)11-20-16(8-4)12-19-14(6-2)10-17-13;;/h13-17,20H,5-12H2,1-4H3;1H;/q-2;;+2/p-1. The van der Waals surface area contributed by atoms with Crippen LogP contribution >= 0.6 is 10.1 Å². The summed E-state index contributed by atoms with van der Waals surface area (Å²) in [5.74, 6) is 0. The summed E-state index contributed by atoms with van der Waals surface area (Å²) in [6.07, 6.45) is 4.52. The molecule has 1 saturated heterocycles. The summed E-state index contributed by atoms with van der Waals surface area (Å²) in [5, 5.41) is 17.1. The molecule has 137 valence electrons. The summed E-state index contributed by atoms with van der Waals surface area (Å²) in [5.41, 5.74) is 0. The Labute approximate surface area is 150 Å². The minimum absolute atomic E-state index is 0.446. The third kappa shape index (κ3) is 9.71. The average Bonchev–Trinajstić information content (AvgIpc) is 2.57. The molecule has 1 aliphatic heterocycles. The van der Waals surface area contributed by atoms with Crippen LogP contribution in [0, 0.1) is 0 Å². The molecule has 0 aromatic heterocycles. The van der Waals surface area contributed by atoms with E-state index in [1.54, 1.807) is 0 Å². The van der Waals surface area contributed by atoms with Crippen LogP contribution in [0.25, 0.3) is 10.6 Å². The van der Waals surface area contributed by atoms with Crippen molar-refractivity contribution in [1.29, 1.82) is 0 Å². The van der Waals surface area contributed by atoms with Crippen molar-refractivity contribution >= 4 is 10.1 Å². The van der Waals surface area contributed by atoms with Gasteiger partial charge < -0.3 is 21.3 Å². The predicted molar refractivity (Wildman–Crippen MR) is 94.6 cm³/mol. The SMILES string of the molecule is CCC1CNC(CC)C[N-]C(CC)CNC(CC)C[N-]1.[Cl][Cu+]. The molecule has 1 aliphatic rings. The summed E-state index contributed by atoms with van der Waals surface area (Å²) < 4.78 is 0. The van der Waals surface area contributed by atoms with Crippen LogP contribution in [0.2, 0.25) is 0 Å². The Balaban J connectivity index is 0.00000211. The first-order valence-electron chi connectivity index (χ1n) is 8.64. The number of nitrogens with one attached hydrogen (secondary N) is 2. The van der Waals surface area contributed by atoms with Crippen LogP contribution in [0.1, 0.15) is 53.4 Å². The summed E-state index contributed by atoms with van der Waals surface area (Å²) in [6.45, 7) is 12.8. The monoisotopic (exact) mass is 380 g/mol. The van der Waals surface area contributed by atoms with E-state index in [2.05, 4.69) is 63.5 Å². The van der Waals surface area contributed by atoms with Gasteiger partial charge in [-0.25, -0.2) is 0 Å². The normalized spacial score (nSPS) is 31.4. The molecule has 0 spiro atoms. The van der Waals surface area contributed by atoms with Gasteiger partial charge in [0.2, 0.25) is 0 Å². The van der Waals surface area contributed by atoms with Crippen molar-refractivity contribution in [3.63, 3.8) is 0 Å². The second kappa shape index (κ2) is 15.2. The summed E-state index contributed by atoms with van der Waals surface area (Å²) in [7, 11) is 4.20. The molecule has 0 aliphatic carbocycles. The molecule has 4 unspecified atom stereocenters. The first-order valence-corrected chi connectivity index (χ1v) is 9.94. The van der Waals surface area contributed by atoms with Crippen LogP contribution in [0.4, 0.5) is 0 Å². The van der Waals surface area contributed by atoms with Gasteiger partial charge in [-0.2, -0.15) is 0 Å². The van der Waals surface area contributed by atoms with E-state index in [0.717, 1.165) is 51.9 Å². The fraction of sp³-hybridized carbons (Fsp3) is 1.00. The minimum atomic E-state index is 0.446. The maximum atomic E-state index is 4.89. The molecule has 0 saturated carbocycles. The van der Waals surface area contributed by atoms with Gasteiger partial charge in [-0.05, 0) is 38.0 Å². The van der Waals surface area contributed by atoms with Gasteiger partial charge in [-0.3, -0.25) is 0 Å². The van der Waals surface area contributed by atoms with E-state index in [-0.39, 0.29) is 0 Å². The Morgan fingerprint density at radius 3 is 1.41 bits per heavy atom. The van der Waals surface area contributed by atoms with Gasteiger partial charge in [0.1, 0.15) is 0 Å². The van der Waals surface area contributed by atoms with Gasteiger partial charge in [-0.1, -0.05) is 40.5 Å². The first kappa shape index (κ1) is 22.6. The van der Waals surface area contributed by atoms with Gasteiger partial charge in [0.25, 0.3) is 0 Å². The number of hydrogen-bond donors (Lipinski definition) is 2. The fourth-order valence-electron chi connectivity index (χ4n) is 2.51. The molecule has 1 fully saturated rings. The zero-order chi connectivity index (χ0) is 16.8. The van der Waals surface area contributed by atoms with E-state index >= 15 is 0 Å². The van der Waals surface area contributed by atoms with Gasteiger partial charge in [-0.15, -0.1) is 25.2 Å². The molecule has 2 N–H and O–H groups in total. The van der Waals surface area contributed by atoms with Crippen LogP contribution in [-0.4, -0.2) is 50.3 Å². The molecule has 1 rings (SSSR count). The van der Waals surface area contributed by atoms with Crippen LogP contribution in [0.5, 0.6) is 0 Å². The van der Waals surface area contributed by atoms with Crippen molar-refractivity contribution in [2.24, 2.45) is 0 Å². The Kier molecular flexibility index (Phi) is 15.6. The second-order valence-corrected chi connectivity index (χ2v) is 5.88. The molecule has 1 heterocycles. The molecule has 0 amide bonds. The van der Waals surface area contributed by atoms with Crippen LogP contribution in [0.15, 0.2) is 0 Å². The Bertz CT molecular complexity index is 182. The summed E-state index contributed by atoms with van der Waals surface area (Å²) in [4.78, 5) is 0. The van der Waals surface area contributed by atoms with Gasteiger partial charge in [0, 0.05) is 0 Å². The number of nitrogens with zero attached hydrogens (tertiary/aromatic N) is 2. The molecule has 22 heavy (non-hydrogen) atoms. The van der Waals surface area contributed by atoms with E-state index in [1.165, 1.54) is 0 Å². The molecule has 4 atom stereocenters. The van der Waals surface area contributed by atoms with Crippen molar-refractivity contribution in [3.8, 4) is 0 Å². The van der Waals surface area contributed by atoms with Crippen LogP contribution in [-0.2, 0) is 15.1 Å². The van der Waals surface area contributed by atoms with E-state index in [1.807, 2.05) is 0 Å². The molecule has 0 aromatic rings. The predicted octanol–water partition coefficient (Wildman–Crippen LogP) is 3.73. The maximum absolute atomic E-state index is 4.89. The number of halogens is 1. The van der Waals surface area contributed by atoms with Gasteiger partial charge >= 0.3 is 25.2 Å². The van der Waals surface area contributed by atoms with Crippen LogP contribution in [0.3, 0.4) is 0 Å². The molecule has 0 bridgehead atoms. The third-order valence-electron chi connectivity index (χ3n) is 4.38. The van der Waals surface area contributed by atoms with E-state index in [9.17, 15) is 0 Å². The zero-order valence-corrected chi connectivity index (χ0v) is 16.2. The van der Waals surface area contributed by atoms with Gasteiger partial charge in [0.05, 0.1) is 0 Å². The quantitative estimate of drug-likeness (QED) is 0.729. The number of rotatable bonds is 4. The Morgan fingerprint density at radius 1 is 0.773 bits per heavy atom. The van der Waals surface area contributed by atoms with E-state index < -0.39 is 0 Å². The molecule has 6 heteroatoms. The van der Waals surface area contributed by atoms with Crippen molar-refractivity contribution in [1.82, 2.24) is 10.6 Å². The Hall–Kier alpha value is 0.649. The molecule has 0 radical (unpaired) electrons.